The Hall–Kier alpha value is -3.91. The Kier molecular flexibility index (Phi) is 11.5. The van der Waals surface area contributed by atoms with Gasteiger partial charge in [0.25, 0.3) is 0 Å². The summed E-state index contributed by atoms with van der Waals surface area (Å²) < 4.78 is 40.5. The summed E-state index contributed by atoms with van der Waals surface area (Å²) in [5.41, 5.74) is 0.00785. The Morgan fingerprint density at radius 2 is 1.78 bits per heavy atom. The number of hydrogen-bond acceptors (Lipinski definition) is 10. The van der Waals surface area contributed by atoms with E-state index in [4.69, 9.17) is 19.4 Å². The lowest BCUT2D eigenvalue weighted by Gasteiger charge is -2.29. The molecule has 2 fully saturated rings. The van der Waals surface area contributed by atoms with Gasteiger partial charge >= 0.3 is 16.2 Å². The highest BCUT2D eigenvalue weighted by Gasteiger charge is 2.61. The first-order valence-corrected chi connectivity index (χ1v) is 19.4. The number of aromatic nitrogens is 2. The minimum atomic E-state index is -4.11. The van der Waals surface area contributed by atoms with Crippen molar-refractivity contribution in [1.82, 2.24) is 23.9 Å². The van der Waals surface area contributed by atoms with E-state index in [2.05, 4.69) is 4.72 Å². The van der Waals surface area contributed by atoms with E-state index in [1.54, 1.807) is 20.8 Å². The number of ketones is 1. The Morgan fingerprint density at radius 1 is 1.08 bits per heavy atom. The number of carbonyl (C=O) groups excluding carboxylic acids is 4. The molecule has 1 saturated heterocycles. The number of Topliss-reactive ketones (excluding diaryl/α,β-unsaturated/α-hetero) is 1. The van der Waals surface area contributed by atoms with Crippen molar-refractivity contribution in [2.24, 2.45) is 17.3 Å². The van der Waals surface area contributed by atoms with E-state index in [1.165, 1.54) is 19.0 Å². The normalized spacial score (nSPS) is 26.8. The van der Waals surface area contributed by atoms with Crippen LogP contribution in [0.2, 0.25) is 0 Å². The van der Waals surface area contributed by atoms with Gasteiger partial charge in [-0.2, -0.15) is 12.7 Å². The lowest BCUT2D eigenvalue weighted by Crippen LogP contribution is -2.47. The summed E-state index contributed by atoms with van der Waals surface area (Å²) in [7, 11) is -1.47. The van der Waals surface area contributed by atoms with Gasteiger partial charge in [-0.1, -0.05) is 44.1 Å². The molecular formula is C37H51N5O8S. The van der Waals surface area contributed by atoms with Gasteiger partial charge in [0.1, 0.15) is 17.4 Å². The van der Waals surface area contributed by atoms with E-state index < -0.39 is 51.2 Å². The third-order valence-electron chi connectivity index (χ3n) is 9.89. The van der Waals surface area contributed by atoms with E-state index in [0.29, 0.717) is 42.8 Å². The van der Waals surface area contributed by atoms with Crippen LogP contribution < -0.4 is 9.46 Å². The van der Waals surface area contributed by atoms with Crippen LogP contribution in [0.5, 0.6) is 5.88 Å². The summed E-state index contributed by atoms with van der Waals surface area (Å²) in [4.78, 5) is 66.6. The third kappa shape index (κ3) is 9.12. The zero-order valence-electron chi connectivity index (χ0n) is 30.5. The summed E-state index contributed by atoms with van der Waals surface area (Å²) >= 11 is 0. The Labute approximate surface area is 300 Å². The number of allylic oxidation sites excluding steroid dienone is 2. The Bertz CT molecular complexity index is 1790. The average Bonchev–Trinajstić information content (AvgIpc) is 3.58. The molecule has 0 radical (unpaired) electrons. The smallest absolute Gasteiger partial charge is 0.307 e. The Balaban J connectivity index is 1.48. The first-order valence-electron chi connectivity index (χ1n) is 17.9. The number of para-hydroxylation sites is 2. The standard InChI is InChI=1S/C37H51N5O8S/c1-7-27-33(39-29-18-14-13-17-28(29)38-27)49-26-20-30-31(43)22-37(35(46)40-51(47,48)41(5)6)21-25(37)16-12-10-8-9-11-15-24(34(45)42(30)23-26)19-32(44)50-36(2,3)4/h12-14,16-18,24-26,30H,7-11,15,19-23H2,1-6H3,(H,40,46)/b16-12-/t24-,25-,26-,30+,37-/m1/s1. The van der Waals surface area contributed by atoms with Gasteiger partial charge in [0.2, 0.25) is 17.7 Å². The van der Waals surface area contributed by atoms with Crippen molar-refractivity contribution in [3.05, 3.63) is 42.1 Å². The fourth-order valence-electron chi connectivity index (χ4n) is 7.03. The van der Waals surface area contributed by atoms with Gasteiger partial charge in [0, 0.05) is 32.9 Å². The molecule has 2 aliphatic heterocycles. The van der Waals surface area contributed by atoms with Crippen LogP contribution in [0.4, 0.5) is 0 Å². The first-order chi connectivity index (χ1) is 24.0. The third-order valence-corrected chi connectivity index (χ3v) is 11.3. The lowest BCUT2D eigenvalue weighted by atomic mass is 9.90. The zero-order valence-corrected chi connectivity index (χ0v) is 31.3. The zero-order chi connectivity index (χ0) is 37.1. The highest BCUT2D eigenvalue weighted by Crippen LogP contribution is 2.57. The number of nitrogens with one attached hydrogen (secondary N) is 1. The number of ether oxygens (including phenoxy) is 2. The van der Waals surface area contributed by atoms with Crippen molar-refractivity contribution in [1.29, 1.82) is 0 Å². The van der Waals surface area contributed by atoms with Crippen LogP contribution in [-0.2, 0) is 40.5 Å². The van der Waals surface area contributed by atoms with E-state index in [9.17, 15) is 27.6 Å². The van der Waals surface area contributed by atoms with Crippen LogP contribution in [0.25, 0.3) is 11.0 Å². The van der Waals surface area contributed by atoms with E-state index in [-0.39, 0.29) is 43.4 Å². The number of rotatable bonds is 8. The molecule has 0 spiro atoms. The number of benzene rings is 1. The number of aryl methyl sites for hydroxylation is 1. The number of amides is 2. The summed E-state index contributed by atoms with van der Waals surface area (Å²) in [6.07, 6.45) is 7.38. The molecule has 1 N–H and O–H groups in total. The molecule has 14 heteroatoms. The van der Waals surface area contributed by atoms with Crippen molar-refractivity contribution in [2.45, 2.75) is 110 Å². The van der Waals surface area contributed by atoms with Gasteiger partial charge in [-0.3, -0.25) is 19.2 Å². The predicted molar refractivity (Wildman–Crippen MR) is 191 cm³/mol. The van der Waals surface area contributed by atoms with Crippen LogP contribution in [0.3, 0.4) is 0 Å². The molecule has 0 unspecified atom stereocenters. The quantitative estimate of drug-likeness (QED) is 0.307. The van der Waals surface area contributed by atoms with Crippen molar-refractivity contribution >= 4 is 44.8 Å². The number of fused-ring (bicyclic) bond motifs is 3. The molecule has 1 saturated carbocycles. The minimum absolute atomic E-state index is 0.0647. The molecule has 3 heterocycles. The highest BCUT2D eigenvalue weighted by atomic mass is 32.2. The van der Waals surface area contributed by atoms with Gasteiger partial charge < -0.3 is 14.4 Å². The molecule has 1 aromatic heterocycles. The summed E-state index contributed by atoms with van der Waals surface area (Å²) in [5.74, 6) is -2.68. The number of nitrogens with zero attached hydrogens (tertiary/aromatic N) is 4. The fourth-order valence-corrected chi connectivity index (χ4v) is 7.65. The average molecular weight is 726 g/mol. The largest absolute Gasteiger partial charge is 0.471 e. The number of hydrogen-bond donors (Lipinski definition) is 1. The van der Waals surface area contributed by atoms with Crippen LogP contribution in [0, 0.1) is 17.3 Å². The summed E-state index contributed by atoms with van der Waals surface area (Å²) in [5, 5.41) is 0. The topological polar surface area (TPSA) is 165 Å². The first kappa shape index (κ1) is 38.3. The van der Waals surface area contributed by atoms with Gasteiger partial charge in [-0.25, -0.2) is 14.7 Å². The van der Waals surface area contributed by atoms with E-state index in [1.807, 2.05) is 43.3 Å². The molecule has 1 aromatic carbocycles. The SMILES string of the molecule is CCc1nc2ccccc2nc1O[C@@H]1C[C@H]2C(=O)C[C@]3(C(=O)NS(=O)(=O)N(C)C)C[C@H]3/C=C\CCCCC[C@H](CC(=O)OC(C)(C)C)C(=O)N2C1. The molecule has 2 aromatic rings. The van der Waals surface area contributed by atoms with E-state index in [0.717, 1.165) is 29.1 Å². The van der Waals surface area contributed by atoms with Crippen LogP contribution >= 0.6 is 0 Å². The van der Waals surface area contributed by atoms with Crippen molar-refractivity contribution in [3.63, 3.8) is 0 Å². The molecular weight excluding hydrogens is 675 g/mol. The van der Waals surface area contributed by atoms with E-state index >= 15 is 0 Å². The minimum Gasteiger partial charge on any atom is -0.471 e. The molecule has 3 aliphatic rings. The maximum Gasteiger partial charge on any atom is 0.307 e. The highest BCUT2D eigenvalue weighted by molar-refractivity contribution is 7.87. The molecule has 2 amide bonds. The summed E-state index contributed by atoms with van der Waals surface area (Å²) in [6.45, 7) is 7.33. The molecule has 278 valence electrons. The van der Waals surface area contributed by atoms with Crippen LogP contribution in [0.1, 0.15) is 91.2 Å². The molecule has 5 rings (SSSR count). The van der Waals surface area contributed by atoms with Crippen LogP contribution in [0.15, 0.2) is 36.4 Å². The number of carbonyl (C=O) groups is 4. The monoisotopic (exact) mass is 725 g/mol. The van der Waals surface area contributed by atoms with Gasteiger partial charge in [0.05, 0.1) is 35.5 Å². The summed E-state index contributed by atoms with van der Waals surface area (Å²) in [6, 6.07) is 6.48. The molecule has 51 heavy (non-hydrogen) atoms. The second-order valence-corrected chi connectivity index (χ2v) is 17.1. The second kappa shape index (κ2) is 15.4. The predicted octanol–water partition coefficient (Wildman–Crippen LogP) is 4.30. The second-order valence-electron chi connectivity index (χ2n) is 15.2. The van der Waals surface area contributed by atoms with Crippen molar-refractivity contribution < 1.29 is 37.1 Å². The van der Waals surface area contributed by atoms with Gasteiger partial charge in [-0.15, -0.1) is 0 Å². The van der Waals surface area contributed by atoms with Crippen molar-refractivity contribution in [2.75, 3.05) is 20.6 Å². The number of esters is 1. The fraction of sp³-hybridized carbons (Fsp3) is 0.622. The maximum atomic E-state index is 14.5. The van der Waals surface area contributed by atoms with Crippen molar-refractivity contribution in [3.8, 4) is 5.88 Å². The molecule has 13 nitrogen and oxygen atoms in total. The van der Waals surface area contributed by atoms with Gasteiger partial charge in [0.15, 0.2) is 5.78 Å². The molecule has 0 bridgehead atoms. The molecule has 5 atom stereocenters. The van der Waals surface area contributed by atoms with Gasteiger partial charge in [-0.05, 0) is 70.9 Å². The lowest BCUT2D eigenvalue weighted by molar-refractivity contribution is -0.159. The Morgan fingerprint density at radius 3 is 2.45 bits per heavy atom. The molecule has 1 aliphatic carbocycles. The van der Waals surface area contributed by atoms with Crippen LogP contribution in [-0.4, -0.2) is 89.5 Å². The maximum absolute atomic E-state index is 14.5.